The van der Waals surface area contributed by atoms with Gasteiger partial charge in [0.25, 0.3) is 5.69 Å². The van der Waals surface area contributed by atoms with Crippen LogP contribution < -0.4 is 4.74 Å². The molecule has 88 valence electrons. The molecule has 0 aliphatic carbocycles. The van der Waals surface area contributed by atoms with Gasteiger partial charge in [-0.05, 0) is 31.2 Å². The first-order valence-electron chi connectivity index (χ1n) is 5.17. The highest BCUT2D eigenvalue weighted by molar-refractivity contribution is 5.70. The Kier molecular flexibility index (Phi) is 3.09. The summed E-state index contributed by atoms with van der Waals surface area (Å²) >= 11 is 0. The second kappa shape index (κ2) is 4.69. The molecule has 0 radical (unpaired) electrons. The van der Waals surface area contributed by atoms with Crippen LogP contribution in [-0.2, 0) is 0 Å². The van der Waals surface area contributed by atoms with Crippen molar-refractivity contribution in [3.8, 4) is 17.1 Å². The van der Waals surface area contributed by atoms with E-state index in [2.05, 4.69) is 0 Å². The number of nitro groups is 1. The van der Waals surface area contributed by atoms with Crippen LogP contribution in [0.4, 0.5) is 5.69 Å². The van der Waals surface area contributed by atoms with Crippen molar-refractivity contribution in [1.82, 2.24) is 0 Å². The van der Waals surface area contributed by atoms with E-state index in [-0.39, 0.29) is 5.69 Å². The molecule has 2 rings (SSSR count). The molecule has 0 spiro atoms. The minimum atomic E-state index is -0.444. The van der Waals surface area contributed by atoms with E-state index in [1.165, 1.54) is 12.3 Å². The van der Waals surface area contributed by atoms with Gasteiger partial charge in [-0.15, -0.1) is 0 Å². The third kappa shape index (κ3) is 2.28. The van der Waals surface area contributed by atoms with Crippen LogP contribution in [0.15, 0.2) is 41.0 Å². The number of benzene rings is 1. The van der Waals surface area contributed by atoms with Gasteiger partial charge in [0, 0.05) is 0 Å². The summed E-state index contributed by atoms with van der Waals surface area (Å²) in [6.45, 7) is 2.30. The van der Waals surface area contributed by atoms with E-state index < -0.39 is 4.92 Å². The van der Waals surface area contributed by atoms with E-state index in [9.17, 15) is 10.1 Å². The Morgan fingerprint density at radius 2 is 2.24 bits per heavy atom. The highest BCUT2D eigenvalue weighted by atomic mass is 16.6. The summed E-state index contributed by atoms with van der Waals surface area (Å²) in [5.74, 6) is 0.953. The Labute approximate surface area is 97.8 Å². The third-order valence-corrected chi connectivity index (χ3v) is 2.26. The van der Waals surface area contributed by atoms with Crippen molar-refractivity contribution >= 4 is 5.69 Å². The molecule has 1 aromatic carbocycles. The highest BCUT2D eigenvalue weighted by Crippen LogP contribution is 2.33. The topological polar surface area (TPSA) is 65.5 Å². The molecule has 0 N–H and O–H groups in total. The van der Waals surface area contributed by atoms with Crippen molar-refractivity contribution in [3.05, 3.63) is 46.7 Å². The van der Waals surface area contributed by atoms with E-state index in [1.54, 1.807) is 24.3 Å². The molecule has 0 saturated carbocycles. The molecule has 0 atom stereocenters. The molecule has 1 heterocycles. The second-order valence-electron chi connectivity index (χ2n) is 3.35. The molecule has 1 aromatic heterocycles. The third-order valence-electron chi connectivity index (χ3n) is 2.26. The van der Waals surface area contributed by atoms with Gasteiger partial charge in [0.1, 0.15) is 11.5 Å². The molecule has 17 heavy (non-hydrogen) atoms. The summed E-state index contributed by atoms with van der Waals surface area (Å²) in [6.07, 6.45) is 1.48. The van der Waals surface area contributed by atoms with Crippen LogP contribution in [0.1, 0.15) is 6.92 Å². The lowest BCUT2D eigenvalue weighted by molar-refractivity contribution is -0.384. The van der Waals surface area contributed by atoms with Gasteiger partial charge in [0.05, 0.1) is 29.4 Å². The van der Waals surface area contributed by atoms with E-state index >= 15 is 0 Å². The average Bonchev–Trinajstić information content (AvgIpc) is 2.82. The summed E-state index contributed by atoms with van der Waals surface area (Å²) < 4.78 is 10.4. The first kappa shape index (κ1) is 11.2. The zero-order valence-corrected chi connectivity index (χ0v) is 9.25. The lowest BCUT2D eigenvalue weighted by atomic mass is 10.1. The van der Waals surface area contributed by atoms with E-state index in [0.29, 0.717) is 23.7 Å². The monoisotopic (exact) mass is 233 g/mol. The molecule has 0 fully saturated rings. The molecule has 0 bridgehead atoms. The maximum Gasteiger partial charge on any atom is 0.284 e. The fraction of sp³-hybridized carbons (Fsp3) is 0.167. The zero-order valence-electron chi connectivity index (χ0n) is 9.25. The lowest BCUT2D eigenvalue weighted by Crippen LogP contribution is -1.95. The predicted molar refractivity (Wildman–Crippen MR) is 62.0 cm³/mol. The SMILES string of the molecule is CCOc1ccc(-c2ccco2)c([N+](=O)[O-])c1. The van der Waals surface area contributed by atoms with Gasteiger partial charge < -0.3 is 9.15 Å². The van der Waals surface area contributed by atoms with E-state index in [1.807, 2.05) is 6.92 Å². The first-order chi connectivity index (χ1) is 8.22. The standard InChI is InChI=1S/C12H11NO4/c1-2-16-9-5-6-10(11(8-9)13(14)15)12-4-3-7-17-12/h3-8H,2H2,1H3. The minimum absolute atomic E-state index is 0.0223. The molecule has 0 aliphatic heterocycles. The smallest absolute Gasteiger partial charge is 0.284 e. The molecule has 2 aromatic rings. The van der Waals surface area contributed by atoms with Crippen molar-refractivity contribution in [3.63, 3.8) is 0 Å². The van der Waals surface area contributed by atoms with E-state index in [0.717, 1.165) is 0 Å². The van der Waals surface area contributed by atoms with Gasteiger partial charge >= 0.3 is 0 Å². The van der Waals surface area contributed by atoms with Gasteiger partial charge in [0.15, 0.2) is 0 Å². The predicted octanol–water partition coefficient (Wildman–Crippen LogP) is 3.25. The molecular formula is C12H11NO4. The van der Waals surface area contributed by atoms with E-state index in [4.69, 9.17) is 9.15 Å². The lowest BCUT2D eigenvalue weighted by Gasteiger charge is -2.04. The van der Waals surface area contributed by atoms with Crippen LogP contribution in [0.2, 0.25) is 0 Å². The highest BCUT2D eigenvalue weighted by Gasteiger charge is 2.18. The molecule has 5 heteroatoms. The average molecular weight is 233 g/mol. The van der Waals surface area contributed by atoms with Crippen LogP contribution in [-0.4, -0.2) is 11.5 Å². The number of hydrogen-bond donors (Lipinski definition) is 0. The Hall–Kier alpha value is -2.30. The first-order valence-corrected chi connectivity index (χ1v) is 5.17. The maximum absolute atomic E-state index is 11.0. The maximum atomic E-state index is 11.0. The fourth-order valence-corrected chi connectivity index (χ4v) is 1.56. The molecule has 0 unspecified atom stereocenters. The Balaban J connectivity index is 2.49. The summed E-state index contributed by atoms with van der Waals surface area (Å²) in [5.41, 5.74) is 0.425. The van der Waals surface area contributed by atoms with Crippen LogP contribution in [0.5, 0.6) is 5.75 Å². The minimum Gasteiger partial charge on any atom is -0.494 e. The fourth-order valence-electron chi connectivity index (χ4n) is 1.56. The van der Waals surface area contributed by atoms with Crippen molar-refractivity contribution in [2.24, 2.45) is 0 Å². The molecule has 0 aliphatic rings. The quantitative estimate of drug-likeness (QED) is 0.600. The van der Waals surface area contributed by atoms with Crippen LogP contribution in [0.25, 0.3) is 11.3 Å². The number of nitrogens with zero attached hydrogens (tertiary/aromatic N) is 1. The van der Waals surface area contributed by atoms with Gasteiger partial charge in [-0.2, -0.15) is 0 Å². The van der Waals surface area contributed by atoms with Crippen LogP contribution >= 0.6 is 0 Å². The molecule has 5 nitrogen and oxygen atoms in total. The second-order valence-corrected chi connectivity index (χ2v) is 3.35. The largest absolute Gasteiger partial charge is 0.494 e. The van der Waals surface area contributed by atoms with Crippen molar-refractivity contribution in [2.75, 3.05) is 6.61 Å². The van der Waals surface area contributed by atoms with Crippen LogP contribution in [0.3, 0.4) is 0 Å². The summed E-state index contributed by atoms with van der Waals surface area (Å²) in [6, 6.07) is 8.09. The number of furan rings is 1. The Bertz CT molecular complexity index is 519. The van der Waals surface area contributed by atoms with Gasteiger partial charge in [0.2, 0.25) is 0 Å². The van der Waals surface area contributed by atoms with Gasteiger partial charge in [-0.1, -0.05) is 0 Å². The summed E-state index contributed by atoms with van der Waals surface area (Å²) in [4.78, 5) is 10.5. The summed E-state index contributed by atoms with van der Waals surface area (Å²) in [7, 11) is 0. The molecular weight excluding hydrogens is 222 g/mol. The Morgan fingerprint density at radius 1 is 1.41 bits per heavy atom. The number of rotatable bonds is 4. The van der Waals surface area contributed by atoms with Crippen molar-refractivity contribution in [1.29, 1.82) is 0 Å². The van der Waals surface area contributed by atoms with Crippen molar-refractivity contribution < 1.29 is 14.1 Å². The van der Waals surface area contributed by atoms with Gasteiger partial charge in [-0.25, -0.2) is 0 Å². The molecule has 0 saturated heterocycles. The zero-order chi connectivity index (χ0) is 12.3. The van der Waals surface area contributed by atoms with Gasteiger partial charge in [-0.3, -0.25) is 10.1 Å². The normalized spacial score (nSPS) is 10.2. The number of nitro benzene ring substituents is 1. The Morgan fingerprint density at radius 3 is 2.82 bits per heavy atom. The molecule has 0 amide bonds. The number of ether oxygens (including phenoxy) is 1. The van der Waals surface area contributed by atoms with Crippen molar-refractivity contribution in [2.45, 2.75) is 6.92 Å². The van der Waals surface area contributed by atoms with Crippen LogP contribution in [0, 0.1) is 10.1 Å². The summed E-state index contributed by atoms with van der Waals surface area (Å²) in [5, 5.41) is 11.0. The number of hydrogen-bond acceptors (Lipinski definition) is 4.